The van der Waals surface area contributed by atoms with E-state index in [0.717, 1.165) is 36.2 Å². The molecule has 3 heterocycles. The summed E-state index contributed by atoms with van der Waals surface area (Å²) < 4.78 is 2.25. The van der Waals surface area contributed by atoms with Crippen molar-refractivity contribution in [1.82, 2.24) is 24.4 Å². The number of hydrogen-bond acceptors (Lipinski definition) is 5. The summed E-state index contributed by atoms with van der Waals surface area (Å²) in [5.41, 5.74) is 8.39. The van der Waals surface area contributed by atoms with Crippen molar-refractivity contribution >= 4 is 22.8 Å². The molecule has 8 nitrogen and oxygen atoms in total. The highest BCUT2D eigenvalue weighted by Gasteiger charge is 2.29. The zero-order valence-corrected chi connectivity index (χ0v) is 18.9. The van der Waals surface area contributed by atoms with Crippen LogP contribution in [0.25, 0.3) is 11.0 Å². The maximum absolute atomic E-state index is 12.8. The molecule has 4 rings (SSSR count). The van der Waals surface area contributed by atoms with E-state index < -0.39 is 5.91 Å². The highest BCUT2D eigenvalue weighted by atomic mass is 16.2. The van der Waals surface area contributed by atoms with Crippen molar-refractivity contribution in [3.05, 3.63) is 53.4 Å². The molecule has 1 atom stereocenters. The van der Waals surface area contributed by atoms with E-state index in [1.54, 1.807) is 6.92 Å². The zero-order valence-electron chi connectivity index (χ0n) is 18.9. The second-order valence-electron chi connectivity index (χ2n) is 8.79. The van der Waals surface area contributed by atoms with Crippen molar-refractivity contribution in [2.45, 2.75) is 58.4 Å². The van der Waals surface area contributed by atoms with E-state index in [1.807, 2.05) is 23.1 Å². The summed E-state index contributed by atoms with van der Waals surface area (Å²) in [7, 11) is 0. The van der Waals surface area contributed by atoms with Gasteiger partial charge < -0.3 is 15.2 Å². The van der Waals surface area contributed by atoms with Crippen LogP contribution < -0.4 is 5.73 Å². The summed E-state index contributed by atoms with van der Waals surface area (Å²) in [5.74, 6) is 1.78. The van der Waals surface area contributed by atoms with Crippen molar-refractivity contribution in [2.24, 2.45) is 5.73 Å². The number of aromatic nitrogens is 4. The molecule has 2 N–H and O–H groups in total. The first kappa shape index (κ1) is 21.9. The van der Waals surface area contributed by atoms with E-state index >= 15 is 0 Å². The van der Waals surface area contributed by atoms with Crippen LogP contribution in [-0.4, -0.2) is 49.3 Å². The summed E-state index contributed by atoms with van der Waals surface area (Å²) in [6.45, 7) is 8.14. The fourth-order valence-electron chi connectivity index (χ4n) is 4.44. The topological polar surface area (TPSA) is 107 Å². The smallest absolute Gasteiger partial charge is 0.252 e. The molecule has 32 heavy (non-hydrogen) atoms. The van der Waals surface area contributed by atoms with E-state index in [9.17, 15) is 9.59 Å². The number of nitrogens with zero attached hydrogens (tertiary/aromatic N) is 5. The van der Waals surface area contributed by atoms with Crippen LogP contribution in [0.1, 0.15) is 72.6 Å². The van der Waals surface area contributed by atoms with Gasteiger partial charge in [0.2, 0.25) is 5.91 Å². The molecule has 0 saturated carbocycles. The Labute approximate surface area is 187 Å². The Hall–Kier alpha value is -3.29. The van der Waals surface area contributed by atoms with E-state index in [4.69, 9.17) is 10.7 Å². The second-order valence-corrected chi connectivity index (χ2v) is 8.79. The number of hydrogen-bond donors (Lipinski definition) is 1. The maximum atomic E-state index is 12.8. The Morgan fingerprint density at radius 1 is 1.22 bits per heavy atom. The lowest BCUT2D eigenvalue weighted by Gasteiger charge is -2.17. The first-order valence-corrected chi connectivity index (χ1v) is 11.2. The third kappa shape index (κ3) is 4.35. The molecule has 0 spiro atoms. The highest BCUT2D eigenvalue weighted by molar-refractivity contribution is 5.93. The number of aryl methyl sites for hydroxylation is 2. The van der Waals surface area contributed by atoms with Gasteiger partial charge >= 0.3 is 0 Å². The molecule has 3 aromatic rings. The third-order valence-electron chi connectivity index (χ3n) is 6.14. The molecule has 2 aromatic heterocycles. The van der Waals surface area contributed by atoms with Crippen molar-refractivity contribution in [3.8, 4) is 0 Å². The van der Waals surface area contributed by atoms with Gasteiger partial charge in [0.15, 0.2) is 0 Å². The molecule has 8 heteroatoms. The van der Waals surface area contributed by atoms with E-state index in [-0.39, 0.29) is 11.8 Å². The van der Waals surface area contributed by atoms with E-state index in [0.29, 0.717) is 42.5 Å². The molecule has 0 radical (unpaired) electrons. The van der Waals surface area contributed by atoms with Gasteiger partial charge in [-0.05, 0) is 31.9 Å². The fourth-order valence-corrected chi connectivity index (χ4v) is 4.44. The van der Waals surface area contributed by atoms with Gasteiger partial charge in [-0.3, -0.25) is 9.59 Å². The molecule has 2 amide bonds. The molecule has 1 aromatic carbocycles. The number of para-hydroxylation sites is 2. The summed E-state index contributed by atoms with van der Waals surface area (Å²) in [6.07, 6.45) is 3.58. The lowest BCUT2D eigenvalue weighted by molar-refractivity contribution is -0.130. The number of fused-ring (bicyclic) bond motifs is 1. The van der Waals surface area contributed by atoms with Crippen LogP contribution in [0.3, 0.4) is 0 Å². The normalized spacial score (nSPS) is 16.2. The number of likely N-dealkylation sites (tertiary alicyclic amines) is 1. The van der Waals surface area contributed by atoms with E-state index in [1.165, 1.54) is 6.20 Å². The van der Waals surface area contributed by atoms with Crippen LogP contribution in [0.15, 0.2) is 30.5 Å². The van der Waals surface area contributed by atoms with E-state index in [2.05, 4.69) is 34.4 Å². The minimum atomic E-state index is -0.524. The molecule has 1 saturated heterocycles. The summed E-state index contributed by atoms with van der Waals surface area (Å²) in [4.78, 5) is 39.7. The van der Waals surface area contributed by atoms with Gasteiger partial charge in [0, 0.05) is 44.1 Å². The van der Waals surface area contributed by atoms with Crippen molar-refractivity contribution in [1.29, 1.82) is 0 Å². The average Bonchev–Trinajstić information content (AvgIpc) is 3.39. The van der Waals surface area contributed by atoms with Gasteiger partial charge in [0.1, 0.15) is 11.6 Å². The van der Waals surface area contributed by atoms with Gasteiger partial charge in [-0.1, -0.05) is 26.0 Å². The van der Waals surface area contributed by atoms with Crippen molar-refractivity contribution < 1.29 is 9.59 Å². The van der Waals surface area contributed by atoms with Gasteiger partial charge in [-0.25, -0.2) is 15.0 Å². The number of benzene rings is 1. The molecular weight excluding hydrogens is 404 g/mol. The van der Waals surface area contributed by atoms with Crippen LogP contribution in [0.4, 0.5) is 0 Å². The van der Waals surface area contributed by atoms with Crippen LogP contribution in [0.2, 0.25) is 0 Å². The molecule has 1 aliphatic heterocycles. The molecule has 0 bridgehead atoms. The third-order valence-corrected chi connectivity index (χ3v) is 6.14. The molecule has 168 valence electrons. The largest absolute Gasteiger partial charge is 0.365 e. The monoisotopic (exact) mass is 434 g/mol. The lowest BCUT2D eigenvalue weighted by Crippen LogP contribution is -2.28. The van der Waals surface area contributed by atoms with Gasteiger partial charge in [-0.15, -0.1) is 0 Å². The number of rotatable bonds is 7. The average molecular weight is 435 g/mol. The van der Waals surface area contributed by atoms with Crippen LogP contribution >= 0.6 is 0 Å². The quantitative estimate of drug-likeness (QED) is 0.615. The van der Waals surface area contributed by atoms with Gasteiger partial charge in [-0.2, -0.15) is 0 Å². The standard InChI is InChI=1S/C24H30N6O2/c1-15(2)24-28-19-7-4-5-8-20(19)30(24)11-6-9-21(31)29-12-10-17(14-29)23-26-13-18(22(25)32)16(3)27-23/h4-5,7-8,13,15,17H,6,9-12,14H2,1-3H3,(H2,25,32)/t17-/m1/s1. The molecule has 1 aliphatic rings. The van der Waals surface area contributed by atoms with Crippen LogP contribution in [0, 0.1) is 6.92 Å². The predicted molar refractivity (Wildman–Crippen MR) is 122 cm³/mol. The Morgan fingerprint density at radius 2 is 2.00 bits per heavy atom. The Kier molecular flexibility index (Phi) is 6.21. The molecule has 0 aliphatic carbocycles. The number of amides is 2. The summed E-state index contributed by atoms with van der Waals surface area (Å²) >= 11 is 0. The molecular formula is C24H30N6O2. The number of nitrogens with two attached hydrogens (primary N) is 1. The van der Waals surface area contributed by atoms with Crippen molar-refractivity contribution in [3.63, 3.8) is 0 Å². The minimum Gasteiger partial charge on any atom is -0.365 e. The fraction of sp³-hybridized carbons (Fsp3) is 0.458. The zero-order chi connectivity index (χ0) is 22.8. The predicted octanol–water partition coefficient (Wildman–Crippen LogP) is 3.15. The summed E-state index contributed by atoms with van der Waals surface area (Å²) in [6, 6.07) is 8.16. The highest BCUT2D eigenvalue weighted by Crippen LogP contribution is 2.26. The Balaban J connectivity index is 1.36. The Bertz CT molecular complexity index is 1150. The molecule has 1 fully saturated rings. The summed E-state index contributed by atoms with van der Waals surface area (Å²) in [5, 5.41) is 0. The number of imidazole rings is 1. The SMILES string of the molecule is Cc1nc([C@@H]2CCN(C(=O)CCCn3c(C(C)C)nc4ccccc43)C2)ncc1C(N)=O. The Morgan fingerprint density at radius 3 is 2.72 bits per heavy atom. The number of carbonyl (C=O) groups is 2. The van der Waals surface area contributed by atoms with Crippen LogP contribution in [-0.2, 0) is 11.3 Å². The van der Waals surface area contributed by atoms with Crippen LogP contribution in [0.5, 0.6) is 0 Å². The number of carbonyl (C=O) groups excluding carboxylic acids is 2. The molecule has 0 unspecified atom stereocenters. The lowest BCUT2D eigenvalue weighted by atomic mass is 10.1. The first-order chi connectivity index (χ1) is 15.3. The van der Waals surface area contributed by atoms with Gasteiger partial charge in [0.05, 0.1) is 22.3 Å². The van der Waals surface area contributed by atoms with Gasteiger partial charge in [0.25, 0.3) is 5.91 Å². The van der Waals surface area contributed by atoms with Crippen molar-refractivity contribution in [2.75, 3.05) is 13.1 Å². The first-order valence-electron chi connectivity index (χ1n) is 11.2. The number of primary amides is 1. The minimum absolute atomic E-state index is 0.0877. The second kappa shape index (κ2) is 9.06. The maximum Gasteiger partial charge on any atom is 0.252 e.